The molecule has 0 aromatic heterocycles. The lowest BCUT2D eigenvalue weighted by atomic mass is 10.1. The van der Waals surface area contributed by atoms with Crippen molar-refractivity contribution in [1.29, 1.82) is 0 Å². The predicted octanol–water partition coefficient (Wildman–Crippen LogP) is 4.35. The molecule has 1 aromatic carbocycles. The van der Waals surface area contributed by atoms with Gasteiger partial charge in [0, 0.05) is 23.1 Å². The molecule has 1 saturated heterocycles. The van der Waals surface area contributed by atoms with Crippen LogP contribution in [0.1, 0.15) is 38.7 Å². The number of nitrogens with zero attached hydrogens (tertiary/aromatic N) is 1. The number of halogens is 2. The van der Waals surface area contributed by atoms with Gasteiger partial charge >= 0.3 is 0 Å². The Kier molecular flexibility index (Phi) is 4.21. The van der Waals surface area contributed by atoms with Crippen molar-refractivity contribution in [1.82, 2.24) is 4.90 Å². The van der Waals surface area contributed by atoms with Crippen molar-refractivity contribution in [2.75, 3.05) is 0 Å². The lowest BCUT2D eigenvalue weighted by Gasteiger charge is -2.27. The molecule has 94 valence electrons. The fraction of sp³-hybridized carbons (Fsp3) is 0.571. The second-order valence-electron chi connectivity index (χ2n) is 4.94. The first kappa shape index (κ1) is 13.0. The van der Waals surface area contributed by atoms with E-state index in [0.717, 1.165) is 16.6 Å². The summed E-state index contributed by atoms with van der Waals surface area (Å²) in [7, 11) is 0. The molecule has 0 radical (unpaired) electrons. The van der Waals surface area contributed by atoms with Crippen molar-refractivity contribution in [3.05, 3.63) is 34.1 Å². The topological polar surface area (TPSA) is 3.24 Å². The van der Waals surface area contributed by atoms with E-state index in [1.807, 2.05) is 6.07 Å². The Morgan fingerprint density at radius 2 is 2.12 bits per heavy atom. The van der Waals surface area contributed by atoms with Crippen LogP contribution in [0, 0.1) is 5.82 Å². The van der Waals surface area contributed by atoms with Gasteiger partial charge in [-0.2, -0.15) is 0 Å². The first-order valence-electron chi connectivity index (χ1n) is 6.31. The molecule has 2 atom stereocenters. The lowest BCUT2D eigenvalue weighted by Crippen LogP contribution is -2.33. The molecule has 2 unspecified atom stereocenters. The van der Waals surface area contributed by atoms with Crippen LogP contribution in [0.4, 0.5) is 4.39 Å². The SMILES string of the molecule is CCC1CCC(C)N1Cc1cc(F)cc(Br)c1. The number of hydrogen-bond acceptors (Lipinski definition) is 1. The Morgan fingerprint density at radius 3 is 2.76 bits per heavy atom. The normalized spacial score (nSPS) is 25.4. The summed E-state index contributed by atoms with van der Waals surface area (Å²) in [5.74, 6) is -0.158. The van der Waals surface area contributed by atoms with E-state index in [0.29, 0.717) is 12.1 Å². The van der Waals surface area contributed by atoms with Crippen LogP contribution in [-0.2, 0) is 6.54 Å². The van der Waals surface area contributed by atoms with Gasteiger partial charge in [0.2, 0.25) is 0 Å². The summed E-state index contributed by atoms with van der Waals surface area (Å²) in [5.41, 5.74) is 1.06. The molecule has 3 heteroatoms. The van der Waals surface area contributed by atoms with Crippen LogP contribution in [0.3, 0.4) is 0 Å². The third-order valence-electron chi connectivity index (χ3n) is 3.71. The third-order valence-corrected chi connectivity index (χ3v) is 4.17. The van der Waals surface area contributed by atoms with Gasteiger partial charge in [0.1, 0.15) is 5.82 Å². The van der Waals surface area contributed by atoms with Crippen molar-refractivity contribution in [3.63, 3.8) is 0 Å². The van der Waals surface area contributed by atoms with Gasteiger partial charge in [0.05, 0.1) is 0 Å². The molecule has 1 nitrogen and oxygen atoms in total. The zero-order valence-corrected chi connectivity index (χ0v) is 12.0. The van der Waals surface area contributed by atoms with E-state index >= 15 is 0 Å². The van der Waals surface area contributed by atoms with E-state index in [1.54, 1.807) is 6.07 Å². The van der Waals surface area contributed by atoms with Gasteiger partial charge in [0.15, 0.2) is 0 Å². The average molecular weight is 300 g/mol. The summed E-state index contributed by atoms with van der Waals surface area (Å²) in [4.78, 5) is 2.50. The Morgan fingerprint density at radius 1 is 1.35 bits per heavy atom. The molecule has 0 bridgehead atoms. The first-order valence-corrected chi connectivity index (χ1v) is 7.10. The number of likely N-dealkylation sites (tertiary alicyclic amines) is 1. The van der Waals surface area contributed by atoms with Crippen molar-refractivity contribution >= 4 is 15.9 Å². The molecule has 1 fully saturated rings. The molecule has 0 aliphatic carbocycles. The molecule has 0 N–H and O–H groups in total. The van der Waals surface area contributed by atoms with Crippen LogP contribution in [0.2, 0.25) is 0 Å². The zero-order chi connectivity index (χ0) is 12.4. The molecule has 17 heavy (non-hydrogen) atoms. The Hall–Kier alpha value is -0.410. The predicted molar refractivity (Wildman–Crippen MR) is 72.4 cm³/mol. The van der Waals surface area contributed by atoms with Crippen LogP contribution in [0.15, 0.2) is 22.7 Å². The zero-order valence-electron chi connectivity index (χ0n) is 10.4. The van der Waals surface area contributed by atoms with Gasteiger partial charge in [-0.05, 0) is 49.9 Å². The fourth-order valence-electron chi connectivity index (χ4n) is 2.76. The highest BCUT2D eigenvalue weighted by Crippen LogP contribution is 2.28. The summed E-state index contributed by atoms with van der Waals surface area (Å²) in [5, 5.41) is 0. The van der Waals surface area contributed by atoms with E-state index < -0.39 is 0 Å². The van der Waals surface area contributed by atoms with Gasteiger partial charge < -0.3 is 0 Å². The fourth-order valence-corrected chi connectivity index (χ4v) is 3.27. The summed E-state index contributed by atoms with van der Waals surface area (Å²) < 4.78 is 14.2. The number of hydrogen-bond donors (Lipinski definition) is 0. The quantitative estimate of drug-likeness (QED) is 0.802. The second-order valence-corrected chi connectivity index (χ2v) is 5.85. The van der Waals surface area contributed by atoms with Crippen LogP contribution in [-0.4, -0.2) is 17.0 Å². The molecule has 0 spiro atoms. The Labute approximate surface area is 111 Å². The summed E-state index contributed by atoms with van der Waals surface area (Å²) in [6.07, 6.45) is 3.71. The lowest BCUT2D eigenvalue weighted by molar-refractivity contribution is 0.189. The molecule has 0 amide bonds. The maximum absolute atomic E-state index is 13.3. The summed E-state index contributed by atoms with van der Waals surface area (Å²) in [6, 6.07) is 6.44. The average Bonchev–Trinajstić information content (AvgIpc) is 2.59. The molecule has 1 aliphatic rings. The van der Waals surface area contributed by atoms with Crippen molar-refractivity contribution in [3.8, 4) is 0 Å². The van der Waals surface area contributed by atoms with Gasteiger partial charge in [-0.15, -0.1) is 0 Å². The van der Waals surface area contributed by atoms with Crippen molar-refractivity contribution in [2.24, 2.45) is 0 Å². The molecular formula is C14H19BrFN. The third kappa shape index (κ3) is 3.08. The maximum atomic E-state index is 13.3. The van der Waals surface area contributed by atoms with Gasteiger partial charge in [0.25, 0.3) is 0 Å². The van der Waals surface area contributed by atoms with E-state index in [2.05, 4.69) is 34.7 Å². The highest BCUT2D eigenvalue weighted by atomic mass is 79.9. The van der Waals surface area contributed by atoms with Crippen LogP contribution in [0.5, 0.6) is 0 Å². The number of rotatable bonds is 3. The standard InChI is InChI=1S/C14H19BrFN/c1-3-14-5-4-10(2)17(14)9-11-6-12(15)8-13(16)7-11/h6-8,10,14H,3-5,9H2,1-2H3. The first-order chi connectivity index (χ1) is 8.10. The summed E-state index contributed by atoms with van der Waals surface area (Å²) in [6.45, 7) is 5.36. The molecule has 0 saturated carbocycles. The van der Waals surface area contributed by atoms with Gasteiger partial charge in [-0.3, -0.25) is 4.90 Å². The van der Waals surface area contributed by atoms with Crippen molar-refractivity contribution < 1.29 is 4.39 Å². The molecule has 1 aliphatic heterocycles. The minimum atomic E-state index is -0.158. The molecular weight excluding hydrogens is 281 g/mol. The van der Waals surface area contributed by atoms with E-state index in [9.17, 15) is 4.39 Å². The van der Waals surface area contributed by atoms with E-state index in [-0.39, 0.29) is 5.82 Å². The monoisotopic (exact) mass is 299 g/mol. The van der Waals surface area contributed by atoms with Crippen molar-refractivity contribution in [2.45, 2.75) is 51.7 Å². The minimum Gasteiger partial charge on any atom is -0.293 e. The maximum Gasteiger partial charge on any atom is 0.124 e. The van der Waals surface area contributed by atoms with E-state index in [4.69, 9.17) is 0 Å². The second kappa shape index (κ2) is 5.49. The Bertz CT molecular complexity index is 374. The summed E-state index contributed by atoms with van der Waals surface area (Å²) >= 11 is 3.35. The van der Waals surface area contributed by atoms with Crippen LogP contribution < -0.4 is 0 Å². The highest BCUT2D eigenvalue weighted by molar-refractivity contribution is 9.10. The van der Waals surface area contributed by atoms with Gasteiger partial charge in [-0.1, -0.05) is 22.9 Å². The van der Waals surface area contributed by atoms with E-state index in [1.165, 1.54) is 25.3 Å². The minimum absolute atomic E-state index is 0.158. The smallest absolute Gasteiger partial charge is 0.124 e. The largest absolute Gasteiger partial charge is 0.293 e. The Balaban J connectivity index is 2.13. The molecule has 1 heterocycles. The highest BCUT2D eigenvalue weighted by Gasteiger charge is 2.28. The van der Waals surface area contributed by atoms with Crippen LogP contribution >= 0.6 is 15.9 Å². The van der Waals surface area contributed by atoms with Crippen LogP contribution in [0.25, 0.3) is 0 Å². The molecule has 1 aromatic rings. The van der Waals surface area contributed by atoms with Gasteiger partial charge in [-0.25, -0.2) is 4.39 Å². The number of benzene rings is 1. The molecule has 2 rings (SSSR count).